The smallest absolute Gasteiger partial charge is 0.235 e. The van der Waals surface area contributed by atoms with Crippen LogP contribution >= 0.6 is 15.9 Å². The maximum absolute atomic E-state index is 11.6. The van der Waals surface area contributed by atoms with E-state index in [-0.39, 0.29) is 5.25 Å². The van der Waals surface area contributed by atoms with Crippen LogP contribution in [0.5, 0.6) is 0 Å². The first-order chi connectivity index (χ1) is 6.59. The lowest BCUT2D eigenvalue weighted by atomic mass is 10.4. The van der Waals surface area contributed by atoms with E-state index in [9.17, 15) is 8.42 Å². The van der Waals surface area contributed by atoms with E-state index in [1.54, 1.807) is 18.5 Å². The number of rotatable bonds is 3. The number of aromatic nitrogens is 1. The summed E-state index contributed by atoms with van der Waals surface area (Å²) in [5, 5.41) is -0.206. The van der Waals surface area contributed by atoms with Crippen LogP contribution in [-0.4, -0.2) is 18.7 Å². The number of pyridine rings is 1. The van der Waals surface area contributed by atoms with Crippen molar-refractivity contribution < 1.29 is 8.42 Å². The third-order valence-electron chi connectivity index (χ3n) is 1.99. The second-order valence-electron chi connectivity index (χ2n) is 3.20. The minimum atomic E-state index is -3.17. The molecule has 1 aromatic rings. The van der Waals surface area contributed by atoms with Gasteiger partial charge in [0.15, 0.2) is 0 Å². The summed E-state index contributed by atoms with van der Waals surface area (Å²) in [6.07, 6.45) is 4.64. The predicted octanol–water partition coefficient (Wildman–Crippen LogP) is 1.75. The van der Waals surface area contributed by atoms with Crippen molar-refractivity contribution in [3.05, 3.63) is 22.9 Å². The Hall–Kier alpha value is -0.620. The lowest BCUT2D eigenvalue weighted by Crippen LogP contribution is -2.17. The number of hydrogen-bond donors (Lipinski definition) is 1. The number of nitrogens with zero attached hydrogens (tertiary/aromatic N) is 1. The van der Waals surface area contributed by atoms with E-state index >= 15 is 0 Å². The standard InChI is InChI=1S/C8H9BrN2O2S/c9-7-5-10-4-3-8(7)11-14(12,13)6-1-2-6/h3-6H,1-2H2,(H,10,11). The first-order valence-electron chi connectivity index (χ1n) is 4.21. The first-order valence-corrected chi connectivity index (χ1v) is 6.55. The summed E-state index contributed by atoms with van der Waals surface area (Å²) in [4.78, 5) is 3.85. The highest BCUT2D eigenvalue weighted by Gasteiger charge is 2.35. The molecule has 1 heterocycles. The van der Waals surface area contributed by atoms with Gasteiger partial charge in [-0.25, -0.2) is 8.42 Å². The highest BCUT2D eigenvalue weighted by atomic mass is 79.9. The van der Waals surface area contributed by atoms with Crippen LogP contribution in [0.3, 0.4) is 0 Å². The van der Waals surface area contributed by atoms with Crippen molar-refractivity contribution in [2.24, 2.45) is 0 Å². The van der Waals surface area contributed by atoms with Gasteiger partial charge in [0.2, 0.25) is 10.0 Å². The Morgan fingerprint density at radius 2 is 2.21 bits per heavy atom. The van der Waals surface area contributed by atoms with Gasteiger partial charge in [-0.05, 0) is 34.8 Å². The average molecular weight is 277 g/mol. The quantitative estimate of drug-likeness (QED) is 0.915. The van der Waals surface area contributed by atoms with Crippen LogP contribution in [0.1, 0.15) is 12.8 Å². The highest BCUT2D eigenvalue weighted by molar-refractivity contribution is 9.10. The van der Waals surface area contributed by atoms with Gasteiger partial charge in [-0.2, -0.15) is 0 Å². The number of hydrogen-bond acceptors (Lipinski definition) is 3. The molecule has 0 aromatic carbocycles. The maximum atomic E-state index is 11.6. The van der Waals surface area contributed by atoms with Crippen molar-refractivity contribution >= 4 is 31.6 Å². The van der Waals surface area contributed by atoms with Crippen LogP contribution in [0.2, 0.25) is 0 Å². The number of sulfonamides is 1. The fourth-order valence-electron chi connectivity index (χ4n) is 1.07. The molecule has 1 saturated carbocycles. The summed E-state index contributed by atoms with van der Waals surface area (Å²) in [5.74, 6) is 0. The zero-order chi connectivity index (χ0) is 10.2. The fourth-order valence-corrected chi connectivity index (χ4v) is 2.96. The second-order valence-corrected chi connectivity index (χ2v) is 6.02. The van der Waals surface area contributed by atoms with Crippen LogP contribution in [0, 0.1) is 0 Å². The molecule has 1 N–H and O–H groups in total. The summed E-state index contributed by atoms with van der Waals surface area (Å²) in [5.41, 5.74) is 0.548. The van der Waals surface area contributed by atoms with Crippen LogP contribution in [0.25, 0.3) is 0 Å². The molecular weight excluding hydrogens is 268 g/mol. The zero-order valence-electron chi connectivity index (χ0n) is 7.27. The lowest BCUT2D eigenvalue weighted by Gasteiger charge is -2.07. The molecule has 0 amide bonds. The molecule has 0 spiro atoms. The predicted molar refractivity (Wildman–Crippen MR) is 57.5 cm³/mol. The topological polar surface area (TPSA) is 59.1 Å². The number of nitrogens with one attached hydrogen (secondary N) is 1. The molecule has 1 aromatic heterocycles. The summed E-state index contributed by atoms with van der Waals surface area (Å²) in [6, 6.07) is 1.63. The molecule has 0 unspecified atom stereocenters. The van der Waals surface area contributed by atoms with Crippen LogP contribution in [-0.2, 0) is 10.0 Å². The lowest BCUT2D eigenvalue weighted by molar-refractivity contribution is 0.600. The van der Waals surface area contributed by atoms with E-state index < -0.39 is 10.0 Å². The van der Waals surface area contributed by atoms with E-state index in [0.717, 1.165) is 12.8 Å². The van der Waals surface area contributed by atoms with Crippen LogP contribution < -0.4 is 4.72 Å². The highest BCUT2D eigenvalue weighted by Crippen LogP contribution is 2.31. The zero-order valence-corrected chi connectivity index (χ0v) is 9.68. The largest absolute Gasteiger partial charge is 0.282 e. The molecule has 0 radical (unpaired) electrons. The van der Waals surface area contributed by atoms with Crippen LogP contribution in [0.4, 0.5) is 5.69 Å². The van der Waals surface area contributed by atoms with Gasteiger partial charge < -0.3 is 0 Å². The third kappa shape index (κ3) is 2.06. The Balaban J connectivity index is 2.22. The van der Waals surface area contributed by atoms with E-state index in [2.05, 4.69) is 25.6 Å². The van der Waals surface area contributed by atoms with Gasteiger partial charge >= 0.3 is 0 Å². The molecule has 0 aliphatic heterocycles. The van der Waals surface area contributed by atoms with Crippen molar-refractivity contribution in [1.29, 1.82) is 0 Å². The Morgan fingerprint density at radius 1 is 1.50 bits per heavy atom. The molecule has 0 atom stereocenters. The molecule has 76 valence electrons. The molecular formula is C8H9BrN2O2S. The summed E-state index contributed by atoms with van der Waals surface area (Å²) in [6.45, 7) is 0. The van der Waals surface area contributed by atoms with Gasteiger partial charge in [0.1, 0.15) is 0 Å². The number of anilines is 1. The van der Waals surface area contributed by atoms with Gasteiger partial charge in [0.05, 0.1) is 15.4 Å². The SMILES string of the molecule is O=S(=O)(Nc1ccncc1Br)C1CC1. The van der Waals surface area contributed by atoms with Crippen LogP contribution in [0.15, 0.2) is 22.9 Å². The minimum absolute atomic E-state index is 0.206. The normalized spacial score (nSPS) is 16.6. The van der Waals surface area contributed by atoms with Gasteiger partial charge in [-0.3, -0.25) is 9.71 Å². The van der Waals surface area contributed by atoms with Crippen molar-refractivity contribution in [3.8, 4) is 0 Å². The average Bonchev–Trinajstić information content (AvgIpc) is 2.91. The maximum Gasteiger partial charge on any atom is 0.235 e. The minimum Gasteiger partial charge on any atom is -0.282 e. The molecule has 2 rings (SSSR count). The molecule has 1 fully saturated rings. The molecule has 1 aliphatic rings. The second kappa shape index (κ2) is 3.51. The molecule has 14 heavy (non-hydrogen) atoms. The molecule has 1 aliphatic carbocycles. The van der Waals surface area contributed by atoms with E-state index in [4.69, 9.17) is 0 Å². The summed E-state index contributed by atoms with van der Waals surface area (Å²) >= 11 is 3.23. The van der Waals surface area contributed by atoms with E-state index in [1.807, 2.05) is 0 Å². The fraction of sp³-hybridized carbons (Fsp3) is 0.375. The van der Waals surface area contributed by atoms with E-state index in [0.29, 0.717) is 10.2 Å². The van der Waals surface area contributed by atoms with Gasteiger partial charge in [0, 0.05) is 12.4 Å². The number of halogens is 1. The van der Waals surface area contributed by atoms with Crippen molar-refractivity contribution in [1.82, 2.24) is 4.98 Å². The Kier molecular flexibility index (Phi) is 2.48. The molecule has 0 bridgehead atoms. The van der Waals surface area contributed by atoms with Gasteiger partial charge in [0.25, 0.3) is 0 Å². The van der Waals surface area contributed by atoms with Crippen molar-refractivity contribution in [2.75, 3.05) is 4.72 Å². The molecule has 4 nitrogen and oxygen atoms in total. The Morgan fingerprint density at radius 3 is 2.79 bits per heavy atom. The molecule has 6 heteroatoms. The Labute approximate surface area is 90.9 Å². The van der Waals surface area contributed by atoms with E-state index in [1.165, 1.54) is 0 Å². The van der Waals surface area contributed by atoms with Gasteiger partial charge in [-0.1, -0.05) is 0 Å². The summed E-state index contributed by atoms with van der Waals surface area (Å²) in [7, 11) is -3.17. The summed E-state index contributed by atoms with van der Waals surface area (Å²) < 4.78 is 26.3. The van der Waals surface area contributed by atoms with Crippen molar-refractivity contribution in [2.45, 2.75) is 18.1 Å². The van der Waals surface area contributed by atoms with Gasteiger partial charge in [-0.15, -0.1) is 0 Å². The Bertz CT molecular complexity index is 442. The molecule has 0 saturated heterocycles. The van der Waals surface area contributed by atoms with Crippen molar-refractivity contribution in [3.63, 3.8) is 0 Å². The third-order valence-corrected chi connectivity index (χ3v) is 4.47. The first kappa shape index (κ1) is 9.92. The monoisotopic (exact) mass is 276 g/mol.